The van der Waals surface area contributed by atoms with Crippen LogP contribution in [0.2, 0.25) is 0 Å². The summed E-state index contributed by atoms with van der Waals surface area (Å²) in [6.45, 7) is 17.5. The highest BCUT2D eigenvalue weighted by Crippen LogP contribution is 2.46. The van der Waals surface area contributed by atoms with E-state index in [0.717, 1.165) is 18.4 Å². The van der Waals surface area contributed by atoms with Gasteiger partial charge >= 0.3 is 5.97 Å². The predicted molar refractivity (Wildman–Crippen MR) is 186 cm³/mol. The molecule has 0 amide bonds. The molecule has 278 valence electrons. The smallest absolute Gasteiger partial charge is 0.316 e. The Bertz CT molecular complexity index is 1220. The summed E-state index contributed by atoms with van der Waals surface area (Å²) in [6, 6.07) is 0. The lowest BCUT2D eigenvalue weighted by molar-refractivity contribution is -0.320. The molecule has 0 aromatic carbocycles. The van der Waals surface area contributed by atoms with Crippen molar-refractivity contribution in [1.29, 1.82) is 0 Å². The molecule has 3 heterocycles. The molecule has 10 heteroatoms. The van der Waals surface area contributed by atoms with Gasteiger partial charge in [-0.2, -0.15) is 0 Å². The number of rotatable bonds is 8. The van der Waals surface area contributed by atoms with Gasteiger partial charge in [0.25, 0.3) is 0 Å². The molecule has 1 spiro atoms. The maximum Gasteiger partial charge on any atom is 0.316 e. The van der Waals surface area contributed by atoms with E-state index in [1.165, 1.54) is 0 Å². The molecule has 0 aromatic heterocycles. The van der Waals surface area contributed by atoms with E-state index in [0.29, 0.717) is 55.5 Å². The lowest BCUT2D eigenvalue weighted by Crippen LogP contribution is -2.57. The number of cyclic esters (lactones) is 1. The normalized spacial score (nSPS) is 42.8. The van der Waals surface area contributed by atoms with Gasteiger partial charge in [0, 0.05) is 25.9 Å². The molecule has 10 nitrogen and oxygen atoms in total. The van der Waals surface area contributed by atoms with E-state index in [2.05, 4.69) is 47.6 Å². The summed E-state index contributed by atoms with van der Waals surface area (Å²) in [5.74, 6) is -1.97. The van der Waals surface area contributed by atoms with Gasteiger partial charge in [0.1, 0.15) is 36.6 Å². The number of carbonyl (C=O) groups is 1. The molecule has 0 bridgehead atoms. The zero-order valence-electron chi connectivity index (χ0n) is 31.2. The topological polar surface area (TPSA) is 122 Å². The van der Waals surface area contributed by atoms with Gasteiger partial charge in [-0.1, -0.05) is 64.5 Å². The summed E-state index contributed by atoms with van der Waals surface area (Å²) in [7, 11) is 1.63. The Balaban J connectivity index is 1.73. The minimum absolute atomic E-state index is 0.00253. The van der Waals surface area contributed by atoms with Gasteiger partial charge in [-0.05, 0) is 69.1 Å². The minimum Gasteiger partial charge on any atom is -0.462 e. The van der Waals surface area contributed by atoms with Crippen LogP contribution in [0.5, 0.6) is 0 Å². The molecule has 2 saturated heterocycles. The van der Waals surface area contributed by atoms with Crippen LogP contribution in [-0.2, 0) is 38.0 Å². The van der Waals surface area contributed by atoms with Crippen LogP contribution < -0.4 is 0 Å². The van der Waals surface area contributed by atoms with Crippen LogP contribution in [0.25, 0.3) is 0 Å². The highest BCUT2D eigenvalue weighted by atomic mass is 16.7. The van der Waals surface area contributed by atoms with Crippen molar-refractivity contribution in [2.45, 2.75) is 136 Å². The molecular weight excluding hydrogens is 628 g/mol. The van der Waals surface area contributed by atoms with Crippen LogP contribution in [0.4, 0.5) is 0 Å². The number of esters is 1. The predicted octanol–water partition coefficient (Wildman–Crippen LogP) is 5.81. The summed E-state index contributed by atoms with van der Waals surface area (Å²) in [6.07, 6.45) is 9.86. The number of allylic oxidation sites excluding steroid dienone is 2. The number of hydrogen-bond donors (Lipinski definition) is 2. The van der Waals surface area contributed by atoms with Gasteiger partial charge in [0.15, 0.2) is 5.79 Å². The van der Waals surface area contributed by atoms with E-state index < -0.39 is 41.6 Å². The van der Waals surface area contributed by atoms with Gasteiger partial charge in [0.2, 0.25) is 0 Å². The standard InChI is InChI=1S/C39H62O10/c1-10-24(2)35-27(5)16-17-38(49-35)21-30(8)47-37(41)32-20-28(6)33(40)36-39(32,42)31(22-45-36)13-11-12-25(3)34(46-23-44-19-18-43-9)26(4)14-15-29(7)48-38/h11-14,20,24-25,27,29-30,32-36,40,42H,10,15-19,21-23H2,1-9H3/b12-11+,26-14+,31-13+/t24?,25-,27-,29-,30-,32-,33+,34-,35+,36+,38+,39+/m0/s1. The first-order valence-electron chi connectivity index (χ1n) is 18.3. The third-order valence-corrected chi connectivity index (χ3v) is 10.9. The van der Waals surface area contributed by atoms with Crippen molar-refractivity contribution >= 4 is 5.97 Å². The highest BCUT2D eigenvalue weighted by Gasteiger charge is 2.59. The van der Waals surface area contributed by atoms with E-state index in [1.54, 1.807) is 26.2 Å². The highest BCUT2D eigenvalue weighted by molar-refractivity contribution is 5.78. The Kier molecular flexibility index (Phi) is 14.3. The zero-order valence-corrected chi connectivity index (χ0v) is 31.2. The van der Waals surface area contributed by atoms with Crippen LogP contribution >= 0.6 is 0 Å². The molecule has 4 aliphatic rings. The Hall–Kier alpha value is -1.89. The van der Waals surface area contributed by atoms with E-state index in [9.17, 15) is 15.0 Å². The summed E-state index contributed by atoms with van der Waals surface area (Å²) >= 11 is 0. The van der Waals surface area contributed by atoms with E-state index >= 15 is 0 Å². The summed E-state index contributed by atoms with van der Waals surface area (Å²) in [5.41, 5.74) is 0.322. The first-order valence-corrected chi connectivity index (χ1v) is 18.3. The fourth-order valence-electron chi connectivity index (χ4n) is 7.80. The maximum atomic E-state index is 14.0. The van der Waals surface area contributed by atoms with Crippen LogP contribution in [0.1, 0.15) is 87.5 Å². The molecule has 12 atom stereocenters. The number of aliphatic hydroxyl groups excluding tert-OH is 1. The van der Waals surface area contributed by atoms with Crippen molar-refractivity contribution in [1.82, 2.24) is 0 Å². The molecule has 1 aliphatic carbocycles. The lowest BCUT2D eigenvalue weighted by Gasteiger charge is -2.47. The number of carbonyl (C=O) groups excluding carboxylic acids is 1. The zero-order chi connectivity index (χ0) is 35.9. The molecule has 0 radical (unpaired) electrons. The van der Waals surface area contributed by atoms with E-state index in [-0.39, 0.29) is 37.6 Å². The van der Waals surface area contributed by atoms with Crippen molar-refractivity contribution in [2.75, 3.05) is 33.7 Å². The average Bonchev–Trinajstić information content (AvgIpc) is 3.40. The second-order valence-corrected chi connectivity index (χ2v) is 14.9. The van der Waals surface area contributed by atoms with Crippen molar-refractivity contribution in [3.8, 4) is 0 Å². The first-order chi connectivity index (χ1) is 23.3. The number of aliphatic hydroxyl groups is 2. The number of methoxy groups -OCH3 is 1. The number of hydrogen-bond acceptors (Lipinski definition) is 10. The number of ether oxygens (including phenoxy) is 7. The largest absolute Gasteiger partial charge is 0.462 e. The molecule has 0 aromatic rings. The average molecular weight is 691 g/mol. The molecular formula is C39H62O10. The van der Waals surface area contributed by atoms with Gasteiger partial charge in [-0.25, -0.2) is 0 Å². The van der Waals surface area contributed by atoms with Crippen molar-refractivity contribution in [3.63, 3.8) is 0 Å². The summed E-state index contributed by atoms with van der Waals surface area (Å²) < 4.78 is 42.9. The van der Waals surface area contributed by atoms with Crippen LogP contribution in [0.15, 0.2) is 47.1 Å². The van der Waals surface area contributed by atoms with Gasteiger partial charge in [-0.3, -0.25) is 4.79 Å². The first kappa shape index (κ1) is 39.9. The second kappa shape index (κ2) is 17.6. The monoisotopic (exact) mass is 690 g/mol. The Labute approximate surface area is 293 Å². The molecule has 49 heavy (non-hydrogen) atoms. The molecule has 1 unspecified atom stereocenters. The van der Waals surface area contributed by atoms with Crippen LogP contribution in [0, 0.1) is 23.7 Å². The Morgan fingerprint density at radius 3 is 2.55 bits per heavy atom. The van der Waals surface area contributed by atoms with Crippen LogP contribution in [-0.4, -0.2) is 97.9 Å². The van der Waals surface area contributed by atoms with Gasteiger partial charge in [0.05, 0.1) is 38.1 Å². The molecule has 4 rings (SSSR count). The molecule has 2 N–H and O–H groups in total. The van der Waals surface area contributed by atoms with Gasteiger partial charge < -0.3 is 43.4 Å². The quantitative estimate of drug-likeness (QED) is 0.140. The SMILES string of the molecule is CCC(C)[C@H]1O[C@]2(CC[C@@H]1C)C[C@H](C)OC(=O)[C@@H]1C=C(C)[C@@H](O)[C@H]3OC/C(=C\C=C\[C@H](C)[C@H](OCOCCOC)/C(C)=C/C[C@H](C)O2)[C@]31O. The minimum atomic E-state index is -1.78. The van der Waals surface area contributed by atoms with Crippen molar-refractivity contribution in [2.24, 2.45) is 23.7 Å². The van der Waals surface area contributed by atoms with Crippen LogP contribution in [0.3, 0.4) is 0 Å². The Morgan fingerprint density at radius 2 is 1.84 bits per heavy atom. The lowest BCUT2D eigenvalue weighted by atomic mass is 9.71. The molecule has 3 aliphatic heterocycles. The van der Waals surface area contributed by atoms with E-state index in [4.69, 9.17) is 33.2 Å². The maximum absolute atomic E-state index is 14.0. The van der Waals surface area contributed by atoms with Gasteiger partial charge in [-0.15, -0.1) is 0 Å². The second-order valence-electron chi connectivity index (χ2n) is 14.9. The third kappa shape index (κ3) is 9.32. The van der Waals surface area contributed by atoms with E-state index in [1.807, 2.05) is 19.1 Å². The van der Waals surface area contributed by atoms with Crippen molar-refractivity contribution in [3.05, 3.63) is 47.1 Å². The fourth-order valence-corrected chi connectivity index (χ4v) is 7.80. The molecule has 2 fully saturated rings. The summed E-state index contributed by atoms with van der Waals surface area (Å²) in [5, 5.41) is 23.3. The third-order valence-electron chi connectivity index (χ3n) is 10.9. The fraction of sp³-hybridized carbons (Fsp3) is 0.769. The van der Waals surface area contributed by atoms with Crippen molar-refractivity contribution < 1.29 is 48.2 Å². The summed E-state index contributed by atoms with van der Waals surface area (Å²) in [4.78, 5) is 14.0. The molecule has 0 saturated carbocycles. The Morgan fingerprint density at radius 1 is 1.08 bits per heavy atom.